The monoisotopic (exact) mass is 455 g/mol. The van der Waals surface area contributed by atoms with Crippen molar-refractivity contribution < 1.29 is 27.4 Å². The van der Waals surface area contributed by atoms with Gasteiger partial charge in [-0.15, -0.1) is 12.4 Å². The van der Waals surface area contributed by atoms with Crippen LogP contribution in [0.3, 0.4) is 0 Å². The van der Waals surface area contributed by atoms with Gasteiger partial charge in [0, 0.05) is 25.2 Å². The zero-order valence-electron chi connectivity index (χ0n) is 16.9. The largest absolute Gasteiger partial charge is 0.494 e. The second kappa shape index (κ2) is 11.9. The third-order valence-electron chi connectivity index (χ3n) is 4.81. The summed E-state index contributed by atoms with van der Waals surface area (Å²) in [4.78, 5) is 14.6. The molecule has 4 nitrogen and oxygen atoms in total. The van der Waals surface area contributed by atoms with Crippen LogP contribution in [0.5, 0.6) is 5.75 Å². The SMILES string of the molecule is Cl.O=C(/C=C/c1ccccc1C(F)(F)F)c1ccc(OCCCN2CCOCC2)cc1. The van der Waals surface area contributed by atoms with Gasteiger partial charge in [-0.2, -0.15) is 13.2 Å². The first kappa shape index (κ1) is 24.9. The molecule has 1 aliphatic rings. The molecule has 2 aromatic rings. The number of morpholine rings is 1. The highest BCUT2D eigenvalue weighted by Gasteiger charge is 2.32. The number of halogens is 4. The lowest BCUT2D eigenvalue weighted by Crippen LogP contribution is -2.37. The number of carbonyl (C=O) groups is 1. The second-order valence-corrected chi connectivity index (χ2v) is 6.96. The minimum atomic E-state index is -4.47. The highest BCUT2D eigenvalue weighted by molar-refractivity contribution is 6.06. The molecule has 0 radical (unpaired) electrons. The standard InChI is InChI=1S/C23H24F3NO3.ClH/c24-23(25,26)21-5-2-1-4-18(21)8-11-22(28)19-6-9-20(10-7-19)30-15-3-12-27-13-16-29-17-14-27;/h1-2,4-11H,3,12-17H2;1H/b11-8+;. The normalized spacial score (nSPS) is 14.9. The Balaban J connectivity index is 0.00000341. The first-order valence-corrected chi connectivity index (χ1v) is 9.85. The molecule has 0 N–H and O–H groups in total. The van der Waals surface area contributed by atoms with Gasteiger partial charge in [0.05, 0.1) is 25.4 Å². The maximum atomic E-state index is 13.0. The lowest BCUT2D eigenvalue weighted by Gasteiger charge is -2.26. The predicted octanol–water partition coefficient (Wildman–Crippen LogP) is 5.12. The number of rotatable bonds is 8. The third kappa shape index (κ3) is 7.69. The molecule has 1 saturated heterocycles. The Morgan fingerprint density at radius 2 is 1.74 bits per heavy atom. The van der Waals surface area contributed by atoms with Crippen molar-refractivity contribution in [1.29, 1.82) is 0 Å². The van der Waals surface area contributed by atoms with Gasteiger partial charge in [-0.05, 0) is 48.4 Å². The van der Waals surface area contributed by atoms with Crippen molar-refractivity contribution in [2.45, 2.75) is 12.6 Å². The molecule has 0 unspecified atom stereocenters. The number of hydrogen-bond donors (Lipinski definition) is 0. The van der Waals surface area contributed by atoms with Crippen molar-refractivity contribution in [3.05, 3.63) is 71.3 Å². The molecule has 1 aliphatic heterocycles. The van der Waals surface area contributed by atoms with Crippen LogP contribution in [0.4, 0.5) is 13.2 Å². The molecule has 0 bridgehead atoms. The van der Waals surface area contributed by atoms with Crippen LogP contribution in [0.2, 0.25) is 0 Å². The summed E-state index contributed by atoms with van der Waals surface area (Å²) < 4.78 is 50.1. The molecular weight excluding hydrogens is 431 g/mol. The van der Waals surface area contributed by atoms with Crippen LogP contribution in [-0.2, 0) is 10.9 Å². The average Bonchev–Trinajstić information content (AvgIpc) is 2.76. The molecule has 0 aliphatic carbocycles. The van der Waals surface area contributed by atoms with Crippen LogP contribution >= 0.6 is 12.4 Å². The highest BCUT2D eigenvalue weighted by Crippen LogP contribution is 2.32. The number of alkyl halides is 3. The number of ketones is 1. The van der Waals surface area contributed by atoms with E-state index in [9.17, 15) is 18.0 Å². The Bertz CT molecular complexity index is 863. The van der Waals surface area contributed by atoms with Crippen LogP contribution in [0.25, 0.3) is 6.08 Å². The molecule has 2 aromatic carbocycles. The van der Waals surface area contributed by atoms with Crippen LogP contribution in [0.15, 0.2) is 54.6 Å². The topological polar surface area (TPSA) is 38.8 Å². The first-order chi connectivity index (χ1) is 14.4. The zero-order chi connectivity index (χ0) is 21.4. The van der Waals surface area contributed by atoms with Gasteiger partial charge < -0.3 is 9.47 Å². The molecule has 0 saturated carbocycles. The Morgan fingerprint density at radius 1 is 1.06 bits per heavy atom. The highest BCUT2D eigenvalue weighted by atomic mass is 35.5. The molecule has 8 heteroatoms. The minimum absolute atomic E-state index is 0. The summed E-state index contributed by atoms with van der Waals surface area (Å²) in [5.41, 5.74) is -0.426. The zero-order valence-corrected chi connectivity index (χ0v) is 17.8. The maximum absolute atomic E-state index is 13.0. The fraction of sp³-hybridized carbons (Fsp3) is 0.348. The Labute approximate surface area is 186 Å². The molecule has 1 fully saturated rings. The van der Waals surface area contributed by atoms with Gasteiger partial charge >= 0.3 is 6.18 Å². The van der Waals surface area contributed by atoms with Crippen molar-refractivity contribution >= 4 is 24.3 Å². The summed E-state index contributed by atoms with van der Waals surface area (Å²) >= 11 is 0. The summed E-state index contributed by atoms with van der Waals surface area (Å²) in [5.74, 6) is 0.283. The van der Waals surface area contributed by atoms with Crippen molar-refractivity contribution in [2.24, 2.45) is 0 Å². The van der Waals surface area contributed by atoms with Crippen molar-refractivity contribution in [2.75, 3.05) is 39.5 Å². The van der Waals surface area contributed by atoms with E-state index >= 15 is 0 Å². The predicted molar refractivity (Wildman–Crippen MR) is 116 cm³/mol. The van der Waals surface area contributed by atoms with Gasteiger partial charge in [0.1, 0.15) is 5.75 Å². The Kier molecular flexibility index (Phi) is 9.55. The van der Waals surface area contributed by atoms with E-state index in [1.54, 1.807) is 24.3 Å². The van der Waals surface area contributed by atoms with Gasteiger partial charge in [0.2, 0.25) is 0 Å². The smallest absolute Gasteiger partial charge is 0.416 e. The van der Waals surface area contributed by atoms with Gasteiger partial charge in [0.25, 0.3) is 0 Å². The summed E-state index contributed by atoms with van der Waals surface area (Å²) in [7, 11) is 0. The number of ether oxygens (including phenoxy) is 2. The van der Waals surface area contributed by atoms with Crippen LogP contribution in [0, 0.1) is 0 Å². The van der Waals surface area contributed by atoms with E-state index in [1.165, 1.54) is 24.3 Å². The molecule has 1 heterocycles. The van der Waals surface area contributed by atoms with E-state index in [0.717, 1.165) is 51.4 Å². The van der Waals surface area contributed by atoms with E-state index in [4.69, 9.17) is 9.47 Å². The summed E-state index contributed by atoms with van der Waals surface area (Å²) in [5, 5.41) is 0. The fourth-order valence-electron chi connectivity index (χ4n) is 3.18. The summed E-state index contributed by atoms with van der Waals surface area (Å²) in [6, 6.07) is 11.8. The average molecular weight is 456 g/mol. The Hall–Kier alpha value is -2.35. The lowest BCUT2D eigenvalue weighted by molar-refractivity contribution is -0.137. The van der Waals surface area contributed by atoms with Gasteiger partial charge in [-0.3, -0.25) is 9.69 Å². The Morgan fingerprint density at radius 3 is 2.42 bits per heavy atom. The molecule has 0 amide bonds. The van der Waals surface area contributed by atoms with E-state index in [2.05, 4.69) is 4.90 Å². The summed E-state index contributed by atoms with van der Waals surface area (Å²) in [6.45, 7) is 4.94. The molecule has 3 rings (SSSR count). The van der Waals surface area contributed by atoms with Crippen LogP contribution in [-0.4, -0.2) is 50.1 Å². The molecular formula is C23H25ClF3NO3. The van der Waals surface area contributed by atoms with Crippen molar-refractivity contribution in [1.82, 2.24) is 4.90 Å². The van der Waals surface area contributed by atoms with Crippen molar-refractivity contribution in [3.63, 3.8) is 0 Å². The van der Waals surface area contributed by atoms with Crippen molar-refractivity contribution in [3.8, 4) is 5.75 Å². The quantitative estimate of drug-likeness (QED) is 0.314. The molecule has 0 atom stereocenters. The second-order valence-electron chi connectivity index (χ2n) is 6.96. The molecule has 31 heavy (non-hydrogen) atoms. The van der Waals surface area contributed by atoms with Crippen LogP contribution < -0.4 is 4.74 Å². The van der Waals surface area contributed by atoms with E-state index in [-0.39, 0.29) is 23.8 Å². The first-order valence-electron chi connectivity index (χ1n) is 9.85. The van der Waals surface area contributed by atoms with E-state index < -0.39 is 11.7 Å². The lowest BCUT2D eigenvalue weighted by atomic mass is 10.0. The fourth-order valence-corrected chi connectivity index (χ4v) is 3.18. The van der Waals surface area contributed by atoms with Crippen LogP contribution in [0.1, 0.15) is 27.9 Å². The number of benzene rings is 2. The van der Waals surface area contributed by atoms with Gasteiger partial charge in [-0.1, -0.05) is 24.3 Å². The number of carbonyl (C=O) groups excluding carboxylic acids is 1. The van der Waals surface area contributed by atoms with Gasteiger partial charge in [0.15, 0.2) is 5.78 Å². The maximum Gasteiger partial charge on any atom is 0.416 e. The third-order valence-corrected chi connectivity index (χ3v) is 4.81. The van der Waals surface area contributed by atoms with E-state index in [0.29, 0.717) is 17.9 Å². The number of hydrogen-bond acceptors (Lipinski definition) is 4. The summed E-state index contributed by atoms with van der Waals surface area (Å²) in [6.07, 6.45) is -1.23. The minimum Gasteiger partial charge on any atom is -0.494 e. The number of nitrogens with zero attached hydrogens (tertiary/aromatic N) is 1. The van der Waals surface area contributed by atoms with Gasteiger partial charge in [-0.25, -0.2) is 0 Å². The number of allylic oxidation sites excluding steroid dienone is 1. The molecule has 0 aromatic heterocycles. The molecule has 0 spiro atoms. The molecule has 168 valence electrons. The van der Waals surface area contributed by atoms with E-state index in [1.807, 2.05) is 0 Å².